The highest BCUT2D eigenvalue weighted by molar-refractivity contribution is 5.90. The fourth-order valence-electron chi connectivity index (χ4n) is 1.74. The molecule has 0 fully saturated rings. The lowest BCUT2D eigenvalue weighted by Crippen LogP contribution is -2.24. The summed E-state index contributed by atoms with van der Waals surface area (Å²) in [6.07, 6.45) is 0. The average Bonchev–Trinajstić information content (AvgIpc) is 2.28. The molecule has 0 bridgehead atoms. The van der Waals surface area contributed by atoms with Gasteiger partial charge in [-0.2, -0.15) is 0 Å². The lowest BCUT2D eigenvalue weighted by Gasteiger charge is -2.20. The summed E-state index contributed by atoms with van der Waals surface area (Å²) in [7, 11) is 4.08. The highest BCUT2D eigenvalue weighted by Crippen LogP contribution is 2.19. The molecule has 1 aromatic rings. The van der Waals surface area contributed by atoms with Gasteiger partial charge in [-0.25, -0.2) is 4.79 Å². The van der Waals surface area contributed by atoms with Gasteiger partial charge in [-0.15, -0.1) is 0 Å². The Bertz CT molecular complexity index is 462. The molecular formula is C16H26N2O2. The standard InChI is InChI=1S/C16H26N2O2/c1-12-11-13(15(19)20-16(2,3)4)7-8-14(12)17-9-10-18(5)6/h7-8,11,17H,9-10H2,1-6H3. The van der Waals surface area contributed by atoms with Gasteiger partial charge < -0.3 is 15.0 Å². The number of rotatable bonds is 5. The van der Waals surface area contributed by atoms with Crippen LogP contribution in [0.2, 0.25) is 0 Å². The monoisotopic (exact) mass is 278 g/mol. The molecule has 0 saturated heterocycles. The minimum Gasteiger partial charge on any atom is -0.456 e. The smallest absolute Gasteiger partial charge is 0.338 e. The molecular weight excluding hydrogens is 252 g/mol. The van der Waals surface area contributed by atoms with E-state index in [0.717, 1.165) is 24.3 Å². The summed E-state index contributed by atoms with van der Waals surface area (Å²) in [5, 5.41) is 3.36. The van der Waals surface area contributed by atoms with Crippen LogP contribution in [-0.2, 0) is 4.74 Å². The molecule has 112 valence electrons. The van der Waals surface area contributed by atoms with Crippen molar-refractivity contribution in [1.82, 2.24) is 4.90 Å². The van der Waals surface area contributed by atoms with Crippen LogP contribution in [0.5, 0.6) is 0 Å². The van der Waals surface area contributed by atoms with Crippen molar-refractivity contribution in [2.24, 2.45) is 0 Å². The summed E-state index contributed by atoms with van der Waals surface area (Å²) in [5.41, 5.74) is 2.23. The van der Waals surface area contributed by atoms with Crippen LogP contribution in [0.1, 0.15) is 36.7 Å². The minimum atomic E-state index is -0.465. The van der Waals surface area contributed by atoms with Crippen LogP contribution in [0, 0.1) is 6.92 Å². The highest BCUT2D eigenvalue weighted by atomic mass is 16.6. The van der Waals surface area contributed by atoms with Crippen molar-refractivity contribution in [2.45, 2.75) is 33.3 Å². The first-order valence-electron chi connectivity index (χ1n) is 6.91. The fourth-order valence-corrected chi connectivity index (χ4v) is 1.74. The van der Waals surface area contributed by atoms with Crippen molar-refractivity contribution in [1.29, 1.82) is 0 Å². The number of carbonyl (C=O) groups excluding carboxylic acids is 1. The molecule has 0 radical (unpaired) electrons. The van der Waals surface area contributed by atoms with Gasteiger partial charge in [-0.3, -0.25) is 0 Å². The van der Waals surface area contributed by atoms with Crippen molar-refractivity contribution in [3.8, 4) is 0 Å². The second-order valence-electron chi connectivity index (χ2n) is 6.26. The summed E-state index contributed by atoms with van der Waals surface area (Å²) in [6.45, 7) is 9.44. The lowest BCUT2D eigenvalue weighted by molar-refractivity contribution is 0.00695. The van der Waals surface area contributed by atoms with Crippen molar-refractivity contribution < 1.29 is 9.53 Å². The van der Waals surface area contributed by atoms with E-state index >= 15 is 0 Å². The molecule has 20 heavy (non-hydrogen) atoms. The van der Waals surface area contributed by atoms with Gasteiger partial charge in [0.1, 0.15) is 5.60 Å². The molecule has 0 spiro atoms. The van der Waals surface area contributed by atoms with E-state index in [1.165, 1.54) is 0 Å². The normalized spacial score (nSPS) is 11.6. The summed E-state index contributed by atoms with van der Waals surface area (Å²) in [4.78, 5) is 14.1. The van der Waals surface area contributed by atoms with Gasteiger partial charge >= 0.3 is 5.97 Å². The van der Waals surface area contributed by atoms with Crippen molar-refractivity contribution in [2.75, 3.05) is 32.5 Å². The third kappa shape index (κ3) is 5.61. The number of benzene rings is 1. The third-order valence-corrected chi connectivity index (χ3v) is 2.74. The minimum absolute atomic E-state index is 0.277. The van der Waals surface area contributed by atoms with Crippen LogP contribution in [0.3, 0.4) is 0 Å². The maximum Gasteiger partial charge on any atom is 0.338 e. The molecule has 0 heterocycles. The Balaban J connectivity index is 2.70. The van der Waals surface area contributed by atoms with E-state index in [4.69, 9.17) is 4.74 Å². The highest BCUT2D eigenvalue weighted by Gasteiger charge is 2.18. The zero-order valence-corrected chi connectivity index (χ0v) is 13.4. The van der Waals surface area contributed by atoms with E-state index in [1.54, 1.807) is 6.07 Å². The molecule has 0 aliphatic heterocycles. The summed E-state index contributed by atoms with van der Waals surface area (Å²) >= 11 is 0. The number of ether oxygens (including phenoxy) is 1. The Labute approximate surface area is 122 Å². The largest absolute Gasteiger partial charge is 0.456 e. The van der Waals surface area contributed by atoms with Gasteiger partial charge in [0, 0.05) is 18.8 Å². The number of likely N-dealkylation sites (N-methyl/N-ethyl adjacent to an activating group) is 1. The van der Waals surface area contributed by atoms with Crippen LogP contribution in [-0.4, -0.2) is 43.7 Å². The number of nitrogens with one attached hydrogen (secondary N) is 1. The van der Waals surface area contributed by atoms with Gasteiger partial charge in [0.25, 0.3) is 0 Å². The van der Waals surface area contributed by atoms with Crippen molar-refractivity contribution >= 4 is 11.7 Å². The molecule has 0 aliphatic rings. The van der Waals surface area contributed by atoms with Gasteiger partial charge in [-0.1, -0.05) is 0 Å². The first kappa shape index (κ1) is 16.5. The Morgan fingerprint density at radius 3 is 2.45 bits per heavy atom. The van der Waals surface area contributed by atoms with E-state index in [9.17, 15) is 4.79 Å². The predicted octanol–water partition coefficient (Wildman–Crippen LogP) is 2.92. The number of hydrogen-bond donors (Lipinski definition) is 1. The second kappa shape index (κ2) is 6.75. The maximum absolute atomic E-state index is 12.0. The number of nitrogens with zero attached hydrogens (tertiary/aromatic N) is 1. The first-order chi connectivity index (χ1) is 9.19. The molecule has 1 N–H and O–H groups in total. The Hall–Kier alpha value is -1.55. The Morgan fingerprint density at radius 2 is 1.95 bits per heavy atom. The van der Waals surface area contributed by atoms with Crippen LogP contribution >= 0.6 is 0 Å². The zero-order chi connectivity index (χ0) is 15.3. The zero-order valence-electron chi connectivity index (χ0n) is 13.4. The Morgan fingerprint density at radius 1 is 1.30 bits per heavy atom. The summed E-state index contributed by atoms with van der Waals surface area (Å²) in [5.74, 6) is -0.277. The SMILES string of the molecule is Cc1cc(C(=O)OC(C)(C)C)ccc1NCCN(C)C. The molecule has 4 heteroatoms. The summed E-state index contributed by atoms with van der Waals surface area (Å²) < 4.78 is 5.37. The van der Waals surface area contributed by atoms with Gasteiger partial charge in [0.2, 0.25) is 0 Å². The molecule has 0 aliphatic carbocycles. The first-order valence-corrected chi connectivity index (χ1v) is 6.91. The second-order valence-corrected chi connectivity index (χ2v) is 6.26. The average molecular weight is 278 g/mol. The lowest BCUT2D eigenvalue weighted by atomic mass is 10.1. The number of anilines is 1. The van der Waals surface area contributed by atoms with Crippen molar-refractivity contribution in [3.05, 3.63) is 29.3 Å². The number of aryl methyl sites for hydroxylation is 1. The van der Waals surface area contributed by atoms with E-state index in [2.05, 4.69) is 10.2 Å². The quantitative estimate of drug-likeness (QED) is 0.841. The molecule has 1 aromatic carbocycles. The van der Waals surface area contributed by atoms with E-state index in [-0.39, 0.29) is 5.97 Å². The predicted molar refractivity (Wildman–Crippen MR) is 83.4 cm³/mol. The molecule has 0 amide bonds. The molecule has 0 atom stereocenters. The van der Waals surface area contributed by atoms with Gasteiger partial charge in [0.05, 0.1) is 5.56 Å². The number of carbonyl (C=O) groups is 1. The fraction of sp³-hybridized carbons (Fsp3) is 0.562. The summed E-state index contributed by atoms with van der Waals surface area (Å²) in [6, 6.07) is 5.61. The molecule has 0 saturated carbocycles. The van der Waals surface area contributed by atoms with Crippen molar-refractivity contribution in [3.63, 3.8) is 0 Å². The van der Waals surface area contributed by atoms with Crippen LogP contribution in [0.15, 0.2) is 18.2 Å². The topological polar surface area (TPSA) is 41.6 Å². The maximum atomic E-state index is 12.0. The van der Waals surface area contributed by atoms with Gasteiger partial charge in [0.15, 0.2) is 0 Å². The Kier molecular flexibility index (Phi) is 5.57. The molecule has 4 nitrogen and oxygen atoms in total. The van der Waals surface area contributed by atoms with E-state index < -0.39 is 5.60 Å². The van der Waals surface area contributed by atoms with Crippen LogP contribution in [0.25, 0.3) is 0 Å². The van der Waals surface area contributed by atoms with E-state index in [0.29, 0.717) is 5.56 Å². The third-order valence-electron chi connectivity index (χ3n) is 2.74. The van der Waals surface area contributed by atoms with Gasteiger partial charge in [-0.05, 0) is 65.6 Å². The molecule has 1 rings (SSSR count). The van der Waals surface area contributed by atoms with Crippen LogP contribution < -0.4 is 5.32 Å². The molecule has 0 unspecified atom stereocenters. The number of hydrogen-bond acceptors (Lipinski definition) is 4. The molecule has 0 aromatic heterocycles. The number of esters is 1. The van der Waals surface area contributed by atoms with E-state index in [1.807, 2.05) is 53.9 Å². The van der Waals surface area contributed by atoms with Crippen LogP contribution in [0.4, 0.5) is 5.69 Å².